The zero-order valence-electron chi connectivity index (χ0n) is 15.7. The van der Waals surface area contributed by atoms with Crippen molar-refractivity contribution in [2.45, 2.75) is 28.0 Å². The van der Waals surface area contributed by atoms with E-state index in [1.165, 1.54) is 10.5 Å². The molecule has 6 rings (SSSR count). The van der Waals surface area contributed by atoms with Gasteiger partial charge >= 0.3 is 0 Å². The van der Waals surface area contributed by atoms with Crippen molar-refractivity contribution in [3.05, 3.63) is 102 Å². The minimum Gasteiger partial charge on any atom is -0.277 e. The van der Waals surface area contributed by atoms with Crippen molar-refractivity contribution < 1.29 is 9.59 Å². The van der Waals surface area contributed by atoms with E-state index in [0.29, 0.717) is 6.54 Å². The van der Waals surface area contributed by atoms with Gasteiger partial charge in [-0.15, -0.1) is 11.8 Å². The highest BCUT2D eigenvalue weighted by Gasteiger charge is 2.78. The number of carbonyl (C=O) groups excluding carboxylic acids is 2. The van der Waals surface area contributed by atoms with E-state index in [0.717, 1.165) is 16.0 Å². The fraction of sp³-hybridized carbons (Fsp3) is 0.200. The molecule has 2 aliphatic heterocycles. The molecule has 0 aromatic heterocycles. The number of likely N-dealkylation sites (tertiary alicyclic amines) is 1. The summed E-state index contributed by atoms with van der Waals surface area (Å²) in [6, 6.07) is 28.3. The highest BCUT2D eigenvalue weighted by Crippen LogP contribution is 2.75. The van der Waals surface area contributed by atoms with E-state index in [4.69, 9.17) is 0 Å². The summed E-state index contributed by atoms with van der Waals surface area (Å²) < 4.78 is -0.684. The first-order chi connectivity index (χ1) is 14.2. The molecule has 0 N–H and O–H groups in total. The molecule has 2 heterocycles. The molecule has 1 saturated carbocycles. The summed E-state index contributed by atoms with van der Waals surface area (Å²) in [5, 5.41) is 0. The van der Waals surface area contributed by atoms with E-state index >= 15 is 0 Å². The molecular formula is C25H19NO2S. The molecule has 3 aliphatic rings. The van der Waals surface area contributed by atoms with Gasteiger partial charge in [0.1, 0.15) is 4.75 Å². The van der Waals surface area contributed by atoms with Gasteiger partial charge in [-0.25, -0.2) is 0 Å². The maximum Gasteiger partial charge on any atom is 0.247 e. The Balaban J connectivity index is 1.47. The lowest BCUT2D eigenvalue weighted by atomic mass is 9.53. The molecule has 2 amide bonds. The number of benzene rings is 3. The summed E-state index contributed by atoms with van der Waals surface area (Å²) >= 11 is 1.62. The van der Waals surface area contributed by atoms with Crippen LogP contribution in [0.15, 0.2) is 89.8 Å². The number of imide groups is 1. The van der Waals surface area contributed by atoms with E-state index in [1.807, 2.05) is 60.7 Å². The number of thioether (sulfide) groups is 1. The molecule has 4 heteroatoms. The van der Waals surface area contributed by atoms with E-state index in [2.05, 4.69) is 24.3 Å². The molecule has 1 spiro atoms. The molecule has 3 nitrogen and oxygen atoms in total. The monoisotopic (exact) mass is 397 g/mol. The van der Waals surface area contributed by atoms with E-state index in [-0.39, 0.29) is 29.6 Å². The fourth-order valence-corrected chi connectivity index (χ4v) is 7.26. The topological polar surface area (TPSA) is 37.4 Å². The van der Waals surface area contributed by atoms with E-state index < -0.39 is 4.75 Å². The van der Waals surface area contributed by atoms with Crippen molar-refractivity contribution in [1.29, 1.82) is 0 Å². The number of fused-ring (bicyclic) bond motifs is 2. The van der Waals surface area contributed by atoms with Gasteiger partial charge < -0.3 is 0 Å². The van der Waals surface area contributed by atoms with Crippen LogP contribution < -0.4 is 0 Å². The molecule has 0 bridgehead atoms. The molecule has 3 aromatic carbocycles. The summed E-state index contributed by atoms with van der Waals surface area (Å²) in [7, 11) is 0. The summed E-state index contributed by atoms with van der Waals surface area (Å²) in [6.45, 7) is 0.349. The van der Waals surface area contributed by atoms with Crippen LogP contribution in [0.3, 0.4) is 0 Å². The number of nitrogens with zero attached hydrogens (tertiary/aromatic N) is 1. The van der Waals surface area contributed by atoms with Crippen LogP contribution in [0, 0.1) is 5.92 Å². The van der Waals surface area contributed by atoms with Crippen LogP contribution in [0.5, 0.6) is 0 Å². The second-order valence-corrected chi connectivity index (χ2v) is 9.36. The fourth-order valence-electron chi connectivity index (χ4n) is 5.47. The zero-order chi connectivity index (χ0) is 19.6. The van der Waals surface area contributed by atoms with Gasteiger partial charge in [0, 0.05) is 16.7 Å². The number of amides is 2. The average molecular weight is 397 g/mol. The summed E-state index contributed by atoms with van der Waals surface area (Å²) in [4.78, 5) is 29.9. The van der Waals surface area contributed by atoms with Crippen LogP contribution in [0.1, 0.15) is 28.5 Å². The Morgan fingerprint density at radius 2 is 1.45 bits per heavy atom. The number of hydrogen-bond acceptors (Lipinski definition) is 3. The van der Waals surface area contributed by atoms with Gasteiger partial charge in [0.05, 0.1) is 12.5 Å². The second-order valence-electron chi connectivity index (χ2n) is 8.04. The van der Waals surface area contributed by atoms with Crippen LogP contribution in [0.2, 0.25) is 0 Å². The minimum absolute atomic E-state index is 0.0188. The number of carbonyl (C=O) groups is 2. The van der Waals surface area contributed by atoms with Crippen LogP contribution in [-0.2, 0) is 16.1 Å². The molecule has 29 heavy (non-hydrogen) atoms. The normalized spacial score (nSPS) is 29.2. The first-order valence-electron chi connectivity index (χ1n) is 9.94. The Labute approximate surface area is 173 Å². The Bertz CT molecular complexity index is 1130. The van der Waals surface area contributed by atoms with Gasteiger partial charge in [0.25, 0.3) is 0 Å². The van der Waals surface area contributed by atoms with Crippen molar-refractivity contribution in [1.82, 2.24) is 4.90 Å². The van der Waals surface area contributed by atoms with Crippen LogP contribution in [0.25, 0.3) is 0 Å². The van der Waals surface area contributed by atoms with Gasteiger partial charge in [-0.1, -0.05) is 78.9 Å². The molecular weight excluding hydrogens is 378 g/mol. The predicted molar refractivity (Wildman–Crippen MR) is 112 cm³/mol. The average Bonchev–Trinajstić information content (AvgIpc) is 3.11. The summed E-state index contributed by atoms with van der Waals surface area (Å²) in [5.74, 6) is -0.250. The molecule has 142 valence electrons. The summed E-state index contributed by atoms with van der Waals surface area (Å²) in [5.41, 5.74) is 3.35. The number of hydrogen-bond donors (Lipinski definition) is 0. The quantitative estimate of drug-likeness (QED) is 0.606. The molecule has 1 aliphatic carbocycles. The van der Waals surface area contributed by atoms with Gasteiger partial charge in [-0.05, 0) is 22.8 Å². The SMILES string of the molecule is O=C1C2C(c3ccccc3)C3c4ccccc4SC23C(=O)N1Cc1ccccc1. The molecule has 4 unspecified atom stereocenters. The Hall–Kier alpha value is -2.85. The van der Waals surface area contributed by atoms with Gasteiger partial charge in [0.2, 0.25) is 11.8 Å². The van der Waals surface area contributed by atoms with Crippen molar-refractivity contribution in [3.8, 4) is 0 Å². The molecule has 1 saturated heterocycles. The Morgan fingerprint density at radius 1 is 0.793 bits per heavy atom. The predicted octanol–water partition coefficient (Wildman–Crippen LogP) is 4.60. The van der Waals surface area contributed by atoms with E-state index in [1.54, 1.807) is 11.8 Å². The highest BCUT2D eigenvalue weighted by molar-refractivity contribution is 8.02. The first-order valence-corrected chi connectivity index (χ1v) is 10.8. The lowest BCUT2D eigenvalue weighted by molar-refractivity contribution is -0.139. The molecule has 0 radical (unpaired) electrons. The Morgan fingerprint density at radius 3 is 2.21 bits per heavy atom. The summed E-state index contributed by atoms with van der Waals surface area (Å²) in [6.07, 6.45) is 0. The van der Waals surface area contributed by atoms with Gasteiger partial charge in [-0.2, -0.15) is 0 Å². The third kappa shape index (κ3) is 2.15. The maximum atomic E-state index is 13.7. The first kappa shape index (κ1) is 17.0. The highest BCUT2D eigenvalue weighted by atomic mass is 32.2. The van der Waals surface area contributed by atoms with Crippen LogP contribution >= 0.6 is 11.8 Å². The molecule has 4 atom stereocenters. The second kappa shape index (κ2) is 6.07. The van der Waals surface area contributed by atoms with Crippen molar-refractivity contribution >= 4 is 23.6 Å². The minimum atomic E-state index is -0.684. The van der Waals surface area contributed by atoms with Crippen LogP contribution in [-0.4, -0.2) is 21.5 Å². The third-order valence-electron chi connectivity index (χ3n) is 6.65. The van der Waals surface area contributed by atoms with Crippen LogP contribution in [0.4, 0.5) is 0 Å². The van der Waals surface area contributed by atoms with E-state index in [9.17, 15) is 9.59 Å². The van der Waals surface area contributed by atoms with Crippen molar-refractivity contribution in [2.24, 2.45) is 5.92 Å². The zero-order valence-corrected chi connectivity index (χ0v) is 16.5. The molecule has 3 aromatic rings. The smallest absolute Gasteiger partial charge is 0.247 e. The molecule has 2 fully saturated rings. The standard InChI is InChI=1S/C25H19NO2S/c27-23-22-20(17-11-5-2-6-12-17)21-18-13-7-8-14-19(18)29-25(21,22)24(28)26(23)15-16-9-3-1-4-10-16/h1-14,20-22H,15H2. The lowest BCUT2D eigenvalue weighted by Gasteiger charge is -2.51. The third-order valence-corrected chi connectivity index (χ3v) is 8.27. The van der Waals surface area contributed by atoms with Gasteiger partial charge in [0.15, 0.2) is 0 Å². The van der Waals surface area contributed by atoms with Gasteiger partial charge in [-0.3, -0.25) is 14.5 Å². The Kier molecular flexibility index (Phi) is 3.57. The maximum absolute atomic E-state index is 13.7. The van der Waals surface area contributed by atoms with Crippen molar-refractivity contribution in [3.63, 3.8) is 0 Å². The number of rotatable bonds is 3. The largest absolute Gasteiger partial charge is 0.277 e. The van der Waals surface area contributed by atoms with Crippen molar-refractivity contribution in [2.75, 3.05) is 0 Å². The lowest BCUT2D eigenvalue weighted by Crippen LogP contribution is -2.57.